The summed E-state index contributed by atoms with van der Waals surface area (Å²) >= 11 is 4.15. The summed E-state index contributed by atoms with van der Waals surface area (Å²) in [5.74, 6) is 4.82. The van der Waals surface area contributed by atoms with Gasteiger partial charge in [0.15, 0.2) is 0 Å². The number of thioether (sulfide) groups is 2. The maximum atomic E-state index is 2.52. The van der Waals surface area contributed by atoms with E-state index in [-0.39, 0.29) is 0 Å². The highest BCUT2D eigenvalue weighted by molar-refractivity contribution is 8.00. The first-order chi connectivity index (χ1) is 10.4. The van der Waals surface area contributed by atoms with E-state index in [0.717, 1.165) is 11.8 Å². The van der Waals surface area contributed by atoms with Gasteiger partial charge in [-0.1, -0.05) is 57.7 Å². The lowest BCUT2D eigenvalue weighted by molar-refractivity contribution is 0.777. The minimum Gasteiger partial charge on any atom is -0.353 e. The lowest BCUT2D eigenvalue weighted by Gasteiger charge is -2.24. The Morgan fingerprint density at radius 3 is 1.76 bits per heavy atom. The third kappa shape index (κ3) is 9.36. The van der Waals surface area contributed by atoms with Crippen molar-refractivity contribution in [3.8, 4) is 0 Å². The Morgan fingerprint density at radius 2 is 1.29 bits per heavy atom. The predicted octanol–water partition coefficient (Wildman–Crippen LogP) is 6.25. The first-order valence-corrected chi connectivity index (χ1v) is 10.6. The van der Waals surface area contributed by atoms with Crippen molar-refractivity contribution < 1.29 is 0 Å². The summed E-state index contributed by atoms with van der Waals surface area (Å²) in [4.78, 5) is 2.52. The lowest BCUT2D eigenvalue weighted by atomic mass is 10.3. The summed E-state index contributed by atoms with van der Waals surface area (Å²) in [6, 6.07) is 10.9. The van der Waals surface area contributed by atoms with Gasteiger partial charge in [-0.2, -0.15) is 0 Å². The van der Waals surface area contributed by atoms with Gasteiger partial charge < -0.3 is 4.90 Å². The summed E-state index contributed by atoms with van der Waals surface area (Å²) in [7, 11) is 0. The van der Waals surface area contributed by atoms with Crippen molar-refractivity contribution in [2.45, 2.75) is 52.4 Å². The summed E-state index contributed by atoms with van der Waals surface area (Å²) in [6.07, 6.45) is 8.07. The quantitative estimate of drug-likeness (QED) is 0.311. The molecule has 0 aliphatic rings. The van der Waals surface area contributed by atoms with Gasteiger partial charge in [0.05, 0.1) is 11.8 Å². The number of nitrogens with zero attached hydrogens (tertiary/aromatic N) is 1. The molecule has 0 saturated carbocycles. The van der Waals surface area contributed by atoms with Crippen LogP contribution in [0.5, 0.6) is 0 Å². The number of benzene rings is 1. The van der Waals surface area contributed by atoms with Crippen LogP contribution < -0.4 is 4.90 Å². The lowest BCUT2D eigenvalue weighted by Crippen LogP contribution is -2.22. The van der Waals surface area contributed by atoms with Crippen LogP contribution in [-0.2, 0) is 0 Å². The maximum absolute atomic E-state index is 2.52. The molecule has 3 heteroatoms. The minimum absolute atomic E-state index is 1.12. The van der Waals surface area contributed by atoms with E-state index >= 15 is 0 Å². The number of anilines is 1. The Labute approximate surface area is 140 Å². The van der Waals surface area contributed by atoms with Crippen LogP contribution in [0.3, 0.4) is 0 Å². The molecule has 0 radical (unpaired) electrons. The molecular formula is C18H31NS2. The molecule has 1 aromatic rings. The van der Waals surface area contributed by atoms with E-state index in [1.807, 2.05) is 0 Å². The van der Waals surface area contributed by atoms with Gasteiger partial charge >= 0.3 is 0 Å². The van der Waals surface area contributed by atoms with Crippen LogP contribution in [0.15, 0.2) is 30.3 Å². The van der Waals surface area contributed by atoms with Crippen LogP contribution in [0.4, 0.5) is 5.69 Å². The van der Waals surface area contributed by atoms with Gasteiger partial charge in [-0.3, -0.25) is 0 Å². The van der Waals surface area contributed by atoms with E-state index in [4.69, 9.17) is 0 Å². The minimum atomic E-state index is 1.12. The van der Waals surface area contributed by atoms with Crippen LogP contribution in [0, 0.1) is 0 Å². The van der Waals surface area contributed by atoms with Gasteiger partial charge in [0.25, 0.3) is 0 Å². The fraction of sp³-hybridized carbons (Fsp3) is 0.667. The Kier molecular flexibility index (Phi) is 12.0. The molecule has 0 bridgehead atoms. The second kappa shape index (κ2) is 13.4. The van der Waals surface area contributed by atoms with Crippen molar-refractivity contribution in [2.24, 2.45) is 0 Å². The second-order valence-electron chi connectivity index (χ2n) is 5.36. The van der Waals surface area contributed by atoms with E-state index in [2.05, 4.69) is 72.6 Å². The van der Waals surface area contributed by atoms with E-state index < -0.39 is 0 Å². The molecular weight excluding hydrogens is 294 g/mol. The largest absolute Gasteiger partial charge is 0.353 e. The average Bonchev–Trinajstić information content (AvgIpc) is 2.53. The van der Waals surface area contributed by atoms with Crippen molar-refractivity contribution >= 4 is 29.2 Å². The van der Waals surface area contributed by atoms with Gasteiger partial charge in [0.1, 0.15) is 0 Å². The third-order valence-electron chi connectivity index (χ3n) is 3.40. The van der Waals surface area contributed by atoms with Crippen molar-refractivity contribution in [2.75, 3.05) is 28.2 Å². The average molecular weight is 326 g/mol. The Morgan fingerprint density at radius 1 is 0.762 bits per heavy atom. The van der Waals surface area contributed by atoms with Crippen LogP contribution >= 0.6 is 23.5 Å². The SMILES string of the molecule is CCCCCSCN(CSCCCCC)c1ccccc1. The zero-order valence-electron chi connectivity index (χ0n) is 13.7. The number of hydrogen-bond acceptors (Lipinski definition) is 3. The molecule has 1 nitrogen and oxygen atoms in total. The molecule has 0 fully saturated rings. The number of hydrogen-bond donors (Lipinski definition) is 0. The number of rotatable bonds is 13. The van der Waals surface area contributed by atoms with E-state index in [1.165, 1.54) is 55.7 Å². The van der Waals surface area contributed by atoms with E-state index in [9.17, 15) is 0 Å². The molecule has 0 unspecified atom stereocenters. The van der Waals surface area contributed by atoms with Crippen molar-refractivity contribution in [3.05, 3.63) is 30.3 Å². The van der Waals surface area contributed by atoms with Gasteiger partial charge in [-0.15, -0.1) is 23.5 Å². The summed E-state index contributed by atoms with van der Waals surface area (Å²) in [5, 5.41) is 0. The van der Waals surface area contributed by atoms with Crippen LogP contribution in [-0.4, -0.2) is 23.3 Å². The zero-order valence-corrected chi connectivity index (χ0v) is 15.4. The highest BCUT2D eigenvalue weighted by atomic mass is 32.2. The summed E-state index contributed by atoms with van der Waals surface area (Å²) in [5.41, 5.74) is 1.36. The normalized spacial score (nSPS) is 10.8. The van der Waals surface area contributed by atoms with Gasteiger partial charge in [0, 0.05) is 5.69 Å². The van der Waals surface area contributed by atoms with Gasteiger partial charge in [-0.05, 0) is 36.5 Å². The smallest absolute Gasteiger partial charge is 0.0648 e. The third-order valence-corrected chi connectivity index (χ3v) is 5.54. The molecule has 120 valence electrons. The van der Waals surface area contributed by atoms with Crippen molar-refractivity contribution in [1.29, 1.82) is 0 Å². The molecule has 0 atom stereocenters. The monoisotopic (exact) mass is 325 g/mol. The molecule has 0 spiro atoms. The standard InChI is InChI=1S/C18H31NS2/c1-3-5-10-14-20-16-19(17-21-15-11-6-4-2)18-12-8-7-9-13-18/h7-9,12-13H,3-6,10-11,14-17H2,1-2H3. The zero-order chi connectivity index (χ0) is 15.2. The fourth-order valence-corrected chi connectivity index (χ4v) is 4.19. The van der Waals surface area contributed by atoms with Crippen LogP contribution in [0.25, 0.3) is 0 Å². The van der Waals surface area contributed by atoms with Crippen LogP contribution in [0.2, 0.25) is 0 Å². The highest BCUT2D eigenvalue weighted by Gasteiger charge is 2.06. The topological polar surface area (TPSA) is 3.24 Å². The maximum Gasteiger partial charge on any atom is 0.0648 e. The Balaban J connectivity index is 2.32. The highest BCUT2D eigenvalue weighted by Crippen LogP contribution is 2.21. The van der Waals surface area contributed by atoms with E-state index in [0.29, 0.717) is 0 Å². The summed E-state index contributed by atoms with van der Waals surface area (Å²) in [6.45, 7) is 4.54. The Hall–Kier alpha value is -0.280. The molecule has 0 amide bonds. The molecule has 21 heavy (non-hydrogen) atoms. The molecule has 1 aromatic carbocycles. The molecule has 0 aliphatic carbocycles. The molecule has 0 N–H and O–H groups in total. The van der Waals surface area contributed by atoms with Gasteiger partial charge in [0.2, 0.25) is 0 Å². The fourth-order valence-electron chi connectivity index (χ4n) is 2.08. The number of unbranched alkanes of at least 4 members (excludes halogenated alkanes) is 4. The van der Waals surface area contributed by atoms with Crippen LogP contribution in [0.1, 0.15) is 52.4 Å². The first-order valence-electron chi connectivity index (χ1n) is 8.34. The molecule has 0 heterocycles. The number of para-hydroxylation sites is 1. The van der Waals surface area contributed by atoms with Gasteiger partial charge in [-0.25, -0.2) is 0 Å². The van der Waals surface area contributed by atoms with Crippen molar-refractivity contribution in [1.82, 2.24) is 0 Å². The molecule has 0 saturated heterocycles. The van der Waals surface area contributed by atoms with E-state index in [1.54, 1.807) is 0 Å². The summed E-state index contributed by atoms with van der Waals surface area (Å²) < 4.78 is 0. The molecule has 1 rings (SSSR count). The predicted molar refractivity (Wildman–Crippen MR) is 103 cm³/mol. The Bertz CT molecular complexity index is 315. The molecule has 0 aliphatic heterocycles. The second-order valence-corrected chi connectivity index (χ2v) is 7.51. The molecule has 0 aromatic heterocycles. The first kappa shape index (κ1) is 18.8. The van der Waals surface area contributed by atoms with Crippen molar-refractivity contribution in [3.63, 3.8) is 0 Å².